The quantitative estimate of drug-likeness (QED) is 0.817. The Kier molecular flexibility index (Phi) is 4.17. The van der Waals surface area contributed by atoms with Crippen LogP contribution in [0.5, 0.6) is 0 Å². The predicted octanol–water partition coefficient (Wildman–Crippen LogP) is 2.72. The highest BCUT2D eigenvalue weighted by Gasteiger charge is 2.17. The number of hydrogen-bond donors (Lipinski definition) is 2. The highest BCUT2D eigenvalue weighted by atomic mass is 15.0. The Hall–Kier alpha value is -1.09. The molecule has 3 nitrogen and oxygen atoms in total. The molecule has 2 heterocycles. The van der Waals surface area contributed by atoms with Crippen LogP contribution in [-0.4, -0.2) is 18.1 Å². The minimum absolute atomic E-state index is 0.488. The first-order chi connectivity index (χ1) is 7.92. The first-order valence-corrected chi connectivity index (χ1v) is 6.34. The van der Waals surface area contributed by atoms with E-state index in [1.807, 2.05) is 12.3 Å². The largest absolute Gasteiger partial charge is 0.370 e. The van der Waals surface area contributed by atoms with Gasteiger partial charge in [0.1, 0.15) is 5.82 Å². The number of nitrogens with one attached hydrogen (secondary N) is 2. The average molecular weight is 219 g/mol. The van der Waals surface area contributed by atoms with Crippen molar-refractivity contribution in [2.24, 2.45) is 0 Å². The van der Waals surface area contributed by atoms with Crippen molar-refractivity contribution in [1.82, 2.24) is 10.3 Å². The van der Waals surface area contributed by atoms with E-state index in [0.29, 0.717) is 6.04 Å². The molecule has 1 aromatic rings. The number of nitrogens with zero attached hydrogens (tertiary/aromatic N) is 1. The zero-order chi connectivity index (χ0) is 11.2. The van der Waals surface area contributed by atoms with E-state index < -0.39 is 0 Å². The van der Waals surface area contributed by atoms with Crippen molar-refractivity contribution in [1.29, 1.82) is 0 Å². The molecule has 0 bridgehead atoms. The van der Waals surface area contributed by atoms with Crippen LogP contribution in [0.4, 0.5) is 5.82 Å². The van der Waals surface area contributed by atoms with Gasteiger partial charge in [-0.3, -0.25) is 0 Å². The molecule has 3 heteroatoms. The zero-order valence-electron chi connectivity index (χ0n) is 10.00. The van der Waals surface area contributed by atoms with Crippen LogP contribution in [0.2, 0.25) is 0 Å². The maximum atomic E-state index is 4.44. The van der Waals surface area contributed by atoms with E-state index in [1.165, 1.54) is 24.8 Å². The topological polar surface area (TPSA) is 37.0 Å². The molecular formula is C13H21N3. The molecule has 2 rings (SSSR count). The van der Waals surface area contributed by atoms with E-state index in [4.69, 9.17) is 0 Å². The zero-order valence-corrected chi connectivity index (χ0v) is 10.00. The Bertz CT molecular complexity index is 319. The molecule has 1 aromatic heterocycles. The van der Waals surface area contributed by atoms with E-state index in [1.54, 1.807) is 0 Å². The number of anilines is 1. The van der Waals surface area contributed by atoms with Crippen LogP contribution in [0.3, 0.4) is 0 Å². The van der Waals surface area contributed by atoms with Gasteiger partial charge in [0.25, 0.3) is 0 Å². The van der Waals surface area contributed by atoms with Crippen molar-refractivity contribution in [2.75, 3.05) is 18.4 Å². The number of hydrogen-bond acceptors (Lipinski definition) is 3. The Labute approximate surface area is 97.7 Å². The van der Waals surface area contributed by atoms with Crippen LogP contribution in [0.1, 0.15) is 44.2 Å². The lowest BCUT2D eigenvalue weighted by molar-refractivity contribution is 0.412. The van der Waals surface area contributed by atoms with Gasteiger partial charge in [-0.25, -0.2) is 4.98 Å². The molecule has 1 aliphatic rings. The van der Waals surface area contributed by atoms with Gasteiger partial charge >= 0.3 is 0 Å². The molecule has 1 saturated heterocycles. The minimum atomic E-state index is 0.488. The van der Waals surface area contributed by atoms with Crippen molar-refractivity contribution in [3.63, 3.8) is 0 Å². The summed E-state index contributed by atoms with van der Waals surface area (Å²) in [5.74, 6) is 1.06. The second-order valence-corrected chi connectivity index (χ2v) is 4.37. The molecule has 0 saturated carbocycles. The summed E-state index contributed by atoms with van der Waals surface area (Å²) >= 11 is 0. The highest BCUT2D eigenvalue weighted by molar-refractivity contribution is 5.45. The fraction of sp³-hybridized carbons (Fsp3) is 0.615. The maximum absolute atomic E-state index is 4.44. The van der Waals surface area contributed by atoms with Gasteiger partial charge in [0, 0.05) is 24.3 Å². The van der Waals surface area contributed by atoms with Gasteiger partial charge in [0.15, 0.2) is 0 Å². The molecule has 0 spiro atoms. The van der Waals surface area contributed by atoms with Gasteiger partial charge in [0.2, 0.25) is 0 Å². The maximum Gasteiger partial charge on any atom is 0.130 e. The van der Waals surface area contributed by atoms with E-state index in [2.05, 4.69) is 28.6 Å². The van der Waals surface area contributed by atoms with Crippen molar-refractivity contribution in [2.45, 2.75) is 38.6 Å². The third kappa shape index (κ3) is 2.73. The van der Waals surface area contributed by atoms with Crippen molar-refractivity contribution >= 4 is 5.82 Å². The Morgan fingerprint density at radius 1 is 1.50 bits per heavy atom. The first kappa shape index (κ1) is 11.4. The van der Waals surface area contributed by atoms with Crippen LogP contribution < -0.4 is 10.6 Å². The van der Waals surface area contributed by atoms with E-state index >= 15 is 0 Å². The third-order valence-electron chi connectivity index (χ3n) is 3.07. The molecular weight excluding hydrogens is 198 g/mol. The van der Waals surface area contributed by atoms with Gasteiger partial charge in [-0.2, -0.15) is 0 Å². The summed E-state index contributed by atoms with van der Waals surface area (Å²) in [6.07, 6.45) is 6.85. The molecule has 1 unspecified atom stereocenters. The Morgan fingerprint density at radius 2 is 2.44 bits per heavy atom. The number of piperidine rings is 1. The van der Waals surface area contributed by atoms with E-state index in [0.717, 1.165) is 25.3 Å². The number of aromatic nitrogens is 1. The Morgan fingerprint density at radius 3 is 3.19 bits per heavy atom. The van der Waals surface area contributed by atoms with Crippen molar-refractivity contribution in [3.05, 3.63) is 23.9 Å². The van der Waals surface area contributed by atoms with Crippen LogP contribution in [-0.2, 0) is 0 Å². The standard InChI is InChI=1S/C13H21N3/c1-2-8-15-13-11(6-5-10-16-13)12-7-3-4-9-14-12/h5-6,10,12,14H,2-4,7-9H2,1H3,(H,15,16). The SMILES string of the molecule is CCCNc1ncccc1C1CCCCN1. The van der Waals surface area contributed by atoms with Gasteiger partial charge in [0.05, 0.1) is 0 Å². The number of pyridine rings is 1. The lowest BCUT2D eigenvalue weighted by Gasteiger charge is -2.25. The van der Waals surface area contributed by atoms with Gasteiger partial charge in [-0.1, -0.05) is 19.4 Å². The molecule has 1 atom stereocenters. The summed E-state index contributed by atoms with van der Waals surface area (Å²) in [7, 11) is 0. The second kappa shape index (κ2) is 5.85. The normalized spacial score (nSPS) is 20.7. The van der Waals surface area contributed by atoms with Crippen LogP contribution in [0.15, 0.2) is 18.3 Å². The molecule has 2 N–H and O–H groups in total. The molecule has 1 aliphatic heterocycles. The van der Waals surface area contributed by atoms with E-state index in [9.17, 15) is 0 Å². The highest BCUT2D eigenvalue weighted by Crippen LogP contribution is 2.27. The molecule has 0 aliphatic carbocycles. The second-order valence-electron chi connectivity index (χ2n) is 4.37. The number of rotatable bonds is 4. The minimum Gasteiger partial charge on any atom is -0.370 e. The molecule has 0 radical (unpaired) electrons. The van der Waals surface area contributed by atoms with Crippen LogP contribution in [0, 0.1) is 0 Å². The molecule has 0 aromatic carbocycles. The summed E-state index contributed by atoms with van der Waals surface area (Å²) in [5, 5.41) is 6.98. The predicted molar refractivity (Wildman–Crippen MR) is 67.6 cm³/mol. The fourth-order valence-electron chi connectivity index (χ4n) is 2.21. The van der Waals surface area contributed by atoms with Crippen LogP contribution >= 0.6 is 0 Å². The van der Waals surface area contributed by atoms with Gasteiger partial charge < -0.3 is 10.6 Å². The summed E-state index contributed by atoms with van der Waals surface area (Å²) in [4.78, 5) is 4.44. The lowest BCUT2D eigenvalue weighted by Crippen LogP contribution is -2.27. The van der Waals surface area contributed by atoms with Crippen molar-refractivity contribution < 1.29 is 0 Å². The fourth-order valence-corrected chi connectivity index (χ4v) is 2.21. The average Bonchev–Trinajstić information content (AvgIpc) is 2.38. The molecule has 0 amide bonds. The first-order valence-electron chi connectivity index (χ1n) is 6.34. The summed E-state index contributed by atoms with van der Waals surface area (Å²) in [6.45, 7) is 4.30. The van der Waals surface area contributed by atoms with E-state index in [-0.39, 0.29) is 0 Å². The molecule has 1 fully saturated rings. The van der Waals surface area contributed by atoms with Gasteiger partial charge in [-0.15, -0.1) is 0 Å². The van der Waals surface area contributed by atoms with Gasteiger partial charge in [-0.05, 0) is 31.9 Å². The molecule has 88 valence electrons. The summed E-state index contributed by atoms with van der Waals surface area (Å²) in [6, 6.07) is 4.71. The molecule has 16 heavy (non-hydrogen) atoms. The van der Waals surface area contributed by atoms with Crippen LogP contribution in [0.25, 0.3) is 0 Å². The summed E-state index contributed by atoms with van der Waals surface area (Å²) < 4.78 is 0. The monoisotopic (exact) mass is 219 g/mol. The van der Waals surface area contributed by atoms with Crippen molar-refractivity contribution in [3.8, 4) is 0 Å². The lowest BCUT2D eigenvalue weighted by atomic mass is 9.98. The Balaban J connectivity index is 2.11. The summed E-state index contributed by atoms with van der Waals surface area (Å²) in [5.41, 5.74) is 1.33. The third-order valence-corrected chi connectivity index (χ3v) is 3.07. The smallest absolute Gasteiger partial charge is 0.130 e.